The van der Waals surface area contributed by atoms with Crippen LogP contribution in [0.2, 0.25) is 0 Å². The molecule has 172 valence electrons. The third-order valence-electron chi connectivity index (χ3n) is 5.61. The molecule has 1 aromatic carbocycles. The third kappa shape index (κ3) is 5.12. The van der Waals surface area contributed by atoms with Crippen molar-refractivity contribution in [2.24, 2.45) is 0 Å². The van der Waals surface area contributed by atoms with Crippen LogP contribution >= 0.6 is 0 Å². The summed E-state index contributed by atoms with van der Waals surface area (Å²) in [5.74, 6) is -0.250. The predicted octanol–water partition coefficient (Wildman–Crippen LogP) is 3.77. The van der Waals surface area contributed by atoms with Crippen molar-refractivity contribution in [3.63, 3.8) is 0 Å². The molecule has 7 nitrogen and oxygen atoms in total. The third-order valence-corrected chi connectivity index (χ3v) is 5.61. The highest BCUT2D eigenvalue weighted by Gasteiger charge is 2.29. The molecule has 3 aromatic rings. The van der Waals surface area contributed by atoms with Crippen molar-refractivity contribution in [1.29, 1.82) is 5.26 Å². The van der Waals surface area contributed by atoms with E-state index in [0.717, 1.165) is 30.6 Å². The first-order chi connectivity index (χ1) is 15.8. The van der Waals surface area contributed by atoms with Gasteiger partial charge in [0.05, 0.1) is 17.5 Å². The van der Waals surface area contributed by atoms with Gasteiger partial charge < -0.3 is 10.2 Å². The van der Waals surface area contributed by atoms with Crippen LogP contribution in [0.15, 0.2) is 36.8 Å². The number of halogens is 4. The minimum absolute atomic E-state index is 0.110. The van der Waals surface area contributed by atoms with Crippen LogP contribution in [0.25, 0.3) is 22.4 Å². The largest absolute Gasteiger partial charge is 0.408 e. The molecule has 11 heteroatoms. The predicted molar refractivity (Wildman–Crippen MR) is 114 cm³/mol. The fourth-order valence-electron chi connectivity index (χ4n) is 3.85. The molecule has 1 fully saturated rings. The number of aromatic nitrogens is 4. The molecule has 0 amide bonds. The number of nitrogens with one attached hydrogen (secondary N) is 1. The van der Waals surface area contributed by atoms with Gasteiger partial charge in [-0.3, -0.25) is 4.68 Å². The zero-order valence-corrected chi connectivity index (χ0v) is 17.8. The van der Waals surface area contributed by atoms with E-state index in [1.54, 1.807) is 12.1 Å². The smallest absolute Gasteiger partial charge is 0.341 e. The summed E-state index contributed by atoms with van der Waals surface area (Å²) < 4.78 is 53.4. The molecule has 0 spiro atoms. The van der Waals surface area contributed by atoms with Crippen LogP contribution in [0.4, 0.5) is 23.5 Å². The lowest BCUT2D eigenvalue weighted by Crippen LogP contribution is -2.41. The van der Waals surface area contributed by atoms with Crippen molar-refractivity contribution in [3.8, 4) is 28.5 Å². The Labute approximate surface area is 187 Å². The fraction of sp³-hybridized carbons (Fsp3) is 0.364. The van der Waals surface area contributed by atoms with E-state index in [1.807, 2.05) is 11.9 Å². The molecule has 3 heterocycles. The van der Waals surface area contributed by atoms with Gasteiger partial charge in [0.2, 0.25) is 5.95 Å². The average molecular weight is 459 g/mol. The van der Waals surface area contributed by atoms with Gasteiger partial charge >= 0.3 is 6.18 Å². The minimum atomic E-state index is -4.41. The highest BCUT2D eigenvalue weighted by Crippen LogP contribution is 2.33. The van der Waals surface area contributed by atoms with E-state index in [-0.39, 0.29) is 5.56 Å². The molecule has 0 unspecified atom stereocenters. The van der Waals surface area contributed by atoms with Crippen LogP contribution in [0, 0.1) is 17.1 Å². The molecule has 1 saturated heterocycles. The van der Waals surface area contributed by atoms with Gasteiger partial charge in [-0.15, -0.1) is 0 Å². The lowest BCUT2D eigenvalue weighted by Gasteiger charge is -2.32. The number of nitriles is 1. The Morgan fingerprint density at radius 1 is 1.18 bits per heavy atom. The summed E-state index contributed by atoms with van der Waals surface area (Å²) in [6, 6.07) is 6.29. The van der Waals surface area contributed by atoms with Crippen LogP contribution < -0.4 is 10.2 Å². The summed E-state index contributed by atoms with van der Waals surface area (Å²) in [4.78, 5) is 11.1. The standard InChI is InChI=1S/C22H21F4N7/c1-28-17-4-6-32(7-5-17)21-29-11-18(16-10-30-33(12-16)13-22(24,25)26)20(31-21)14-2-3-15(9-27)19(23)8-14/h2-3,8,10-12,17,28H,4-7,13H2,1H3. The molecule has 2 aromatic heterocycles. The number of benzene rings is 1. The van der Waals surface area contributed by atoms with Gasteiger partial charge in [0.15, 0.2) is 0 Å². The summed E-state index contributed by atoms with van der Waals surface area (Å²) in [5, 5.41) is 16.1. The Morgan fingerprint density at radius 2 is 1.94 bits per heavy atom. The zero-order chi connectivity index (χ0) is 23.6. The number of hydrogen-bond donors (Lipinski definition) is 1. The number of rotatable bonds is 5. The molecule has 1 aliphatic rings. The summed E-state index contributed by atoms with van der Waals surface area (Å²) in [6.45, 7) is 0.234. The number of piperidine rings is 1. The van der Waals surface area contributed by atoms with Crippen molar-refractivity contribution in [1.82, 2.24) is 25.1 Å². The minimum Gasteiger partial charge on any atom is -0.341 e. The molecule has 0 saturated carbocycles. The second-order valence-corrected chi connectivity index (χ2v) is 7.83. The Balaban J connectivity index is 1.75. The lowest BCUT2D eigenvalue weighted by molar-refractivity contribution is -0.142. The Kier molecular flexibility index (Phi) is 6.29. The first-order valence-corrected chi connectivity index (χ1v) is 10.4. The number of alkyl halides is 3. The molecule has 1 aliphatic heterocycles. The Morgan fingerprint density at radius 3 is 2.58 bits per heavy atom. The first kappa shape index (κ1) is 22.7. The summed E-state index contributed by atoms with van der Waals surface area (Å²) in [6.07, 6.45) is 1.48. The van der Waals surface area contributed by atoms with Crippen LogP contribution in [0.3, 0.4) is 0 Å². The van der Waals surface area contributed by atoms with E-state index < -0.39 is 18.5 Å². The maximum Gasteiger partial charge on any atom is 0.408 e. The number of hydrogen-bond acceptors (Lipinski definition) is 6. The molecular weight excluding hydrogens is 438 g/mol. The van der Waals surface area contributed by atoms with Crippen LogP contribution in [-0.2, 0) is 6.54 Å². The van der Waals surface area contributed by atoms with E-state index in [1.165, 1.54) is 30.7 Å². The van der Waals surface area contributed by atoms with E-state index in [0.29, 0.717) is 34.4 Å². The lowest BCUT2D eigenvalue weighted by atomic mass is 10.0. The highest BCUT2D eigenvalue weighted by atomic mass is 19.4. The molecule has 0 aliphatic carbocycles. The maximum absolute atomic E-state index is 14.4. The highest BCUT2D eigenvalue weighted by molar-refractivity contribution is 5.80. The Hall–Kier alpha value is -3.52. The van der Waals surface area contributed by atoms with E-state index >= 15 is 0 Å². The normalized spacial score (nSPS) is 15.0. The number of nitrogens with zero attached hydrogens (tertiary/aromatic N) is 6. The number of anilines is 1. The van der Waals surface area contributed by atoms with Gasteiger partial charge in [0.1, 0.15) is 18.4 Å². The van der Waals surface area contributed by atoms with Crippen molar-refractivity contribution < 1.29 is 17.6 Å². The second kappa shape index (κ2) is 9.15. The maximum atomic E-state index is 14.4. The van der Waals surface area contributed by atoms with E-state index in [4.69, 9.17) is 5.26 Å². The van der Waals surface area contributed by atoms with Gasteiger partial charge in [0, 0.05) is 48.2 Å². The molecule has 33 heavy (non-hydrogen) atoms. The topological polar surface area (TPSA) is 82.7 Å². The Bertz CT molecular complexity index is 1170. The average Bonchev–Trinajstić information content (AvgIpc) is 3.25. The summed E-state index contributed by atoms with van der Waals surface area (Å²) in [5.41, 5.74) is 1.42. The molecule has 4 rings (SSSR count). The van der Waals surface area contributed by atoms with Gasteiger partial charge in [0.25, 0.3) is 0 Å². The molecule has 0 bridgehead atoms. The molecule has 0 radical (unpaired) electrons. The summed E-state index contributed by atoms with van der Waals surface area (Å²) in [7, 11) is 1.92. The summed E-state index contributed by atoms with van der Waals surface area (Å²) >= 11 is 0. The molecule has 1 N–H and O–H groups in total. The van der Waals surface area contributed by atoms with Gasteiger partial charge in [-0.25, -0.2) is 14.4 Å². The van der Waals surface area contributed by atoms with Gasteiger partial charge in [-0.2, -0.15) is 23.5 Å². The molecule has 0 atom stereocenters. The fourth-order valence-corrected chi connectivity index (χ4v) is 3.85. The van der Waals surface area contributed by atoms with E-state index in [2.05, 4.69) is 20.4 Å². The second-order valence-electron chi connectivity index (χ2n) is 7.83. The van der Waals surface area contributed by atoms with Crippen LogP contribution in [0.5, 0.6) is 0 Å². The van der Waals surface area contributed by atoms with Crippen molar-refractivity contribution in [2.45, 2.75) is 31.6 Å². The quantitative estimate of drug-likeness (QED) is 0.585. The van der Waals surface area contributed by atoms with Gasteiger partial charge in [-0.05, 0) is 32.0 Å². The zero-order valence-electron chi connectivity index (χ0n) is 17.8. The van der Waals surface area contributed by atoms with Crippen molar-refractivity contribution in [3.05, 3.63) is 48.2 Å². The SMILES string of the molecule is CNC1CCN(c2ncc(-c3cnn(CC(F)(F)F)c3)c(-c3ccc(C#N)c(F)c3)n2)CC1. The monoisotopic (exact) mass is 459 g/mol. The first-order valence-electron chi connectivity index (χ1n) is 10.4. The van der Waals surface area contributed by atoms with Crippen LogP contribution in [-0.4, -0.2) is 52.1 Å². The van der Waals surface area contributed by atoms with Crippen LogP contribution in [0.1, 0.15) is 18.4 Å². The molecular formula is C22H21F4N7. The van der Waals surface area contributed by atoms with E-state index in [9.17, 15) is 17.6 Å². The van der Waals surface area contributed by atoms with Crippen molar-refractivity contribution >= 4 is 5.95 Å². The van der Waals surface area contributed by atoms with Gasteiger partial charge in [-0.1, -0.05) is 6.07 Å². The van der Waals surface area contributed by atoms with Crippen molar-refractivity contribution in [2.75, 3.05) is 25.0 Å².